The summed E-state index contributed by atoms with van der Waals surface area (Å²) in [6.45, 7) is 3.44. The molecule has 0 saturated carbocycles. The molecule has 0 aromatic heterocycles. The van der Waals surface area contributed by atoms with Crippen molar-refractivity contribution in [1.29, 1.82) is 0 Å². The van der Waals surface area contributed by atoms with Crippen molar-refractivity contribution in [3.8, 4) is 5.75 Å². The lowest BCUT2D eigenvalue weighted by Gasteiger charge is -2.34. The monoisotopic (exact) mass is 361 g/mol. The standard InChI is InChI=1S/C18H19NO5S/c1-12-8-9-13(2)17(10-12)25(21,22)19-11-16(18(20)23-3)24-15-7-5-4-6-14(15)19/h4-10,16H,11H2,1-3H3/t16-/m1/s1. The zero-order valence-electron chi connectivity index (χ0n) is 14.2. The van der Waals surface area contributed by atoms with Crippen LogP contribution in [0.25, 0.3) is 0 Å². The molecule has 0 saturated heterocycles. The number of fused-ring (bicyclic) bond motifs is 1. The van der Waals surface area contributed by atoms with Gasteiger partial charge in [0.05, 0.1) is 24.2 Å². The summed E-state index contributed by atoms with van der Waals surface area (Å²) in [5.74, 6) is -0.284. The highest BCUT2D eigenvalue weighted by Crippen LogP contribution is 2.37. The van der Waals surface area contributed by atoms with Gasteiger partial charge >= 0.3 is 5.97 Å². The highest BCUT2D eigenvalue weighted by Gasteiger charge is 2.38. The Kier molecular flexibility index (Phi) is 4.43. The molecule has 1 aliphatic heterocycles. The first-order valence-corrected chi connectivity index (χ1v) is 9.22. The summed E-state index contributed by atoms with van der Waals surface area (Å²) in [7, 11) is -2.61. The number of aryl methyl sites for hydroxylation is 2. The van der Waals surface area contributed by atoms with Crippen LogP contribution in [0.1, 0.15) is 11.1 Å². The van der Waals surface area contributed by atoms with Gasteiger partial charge in [-0.3, -0.25) is 4.31 Å². The summed E-state index contributed by atoms with van der Waals surface area (Å²) >= 11 is 0. The van der Waals surface area contributed by atoms with Crippen molar-refractivity contribution in [2.45, 2.75) is 24.8 Å². The van der Waals surface area contributed by atoms with Crippen LogP contribution >= 0.6 is 0 Å². The van der Waals surface area contributed by atoms with Gasteiger partial charge in [0, 0.05) is 0 Å². The van der Waals surface area contributed by atoms with Gasteiger partial charge in [0.1, 0.15) is 5.75 Å². The molecule has 1 heterocycles. The van der Waals surface area contributed by atoms with Gasteiger partial charge in [-0.25, -0.2) is 13.2 Å². The van der Waals surface area contributed by atoms with Crippen LogP contribution in [0.2, 0.25) is 0 Å². The molecule has 3 rings (SSSR count). The zero-order chi connectivity index (χ0) is 18.2. The summed E-state index contributed by atoms with van der Waals surface area (Å²) in [5.41, 5.74) is 1.89. The number of carbonyl (C=O) groups is 1. The largest absolute Gasteiger partial charge is 0.475 e. The minimum atomic E-state index is -3.86. The van der Waals surface area contributed by atoms with E-state index in [-0.39, 0.29) is 11.4 Å². The molecule has 132 valence electrons. The predicted octanol–water partition coefficient (Wildman–Crippen LogP) is 2.43. The minimum Gasteiger partial charge on any atom is -0.475 e. The van der Waals surface area contributed by atoms with Crippen LogP contribution in [0.15, 0.2) is 47.4 Å². The van der Waals surface area contributed by atoms with Gasteiger partial charge in [0.2, 0.25) is 6.10 Å². The van der Waals surface area contributed by atoms with E-state index in [9.17, 15) is 13.2 Å². The molecule has 0 bridgehead atoms. The Bertz CT molecular complexity index is 923. The Morgan fingerprint density at radius 1 is 1.20 bits per heavy atom. The van der Waals surface area contributed by atoms with Crippen molar-refractivity contribution in [2.75, 3.05) is 18.0 Å². The molecule has 0 N–H and O–H groups in total. The third kappa shape index (κ3) is 3.07. The maximum atomic E-state index is 13.3. The lowest BCUT2D eigenvalue weighted by atomic mass is 10.2. The molecule has 0 unspecified atom stereocenters. The first-order chi connectivity index (χ1) is 11.8. The molecule has 1 atom stereocenters. The van der Waals surface area contributed by atoms with Crippen molar-refractivity contribution in [1.82, 2.24) is 0 Å². The third-order valence-electron chi connectivity index (χ3n) is 4.11. The smallest absolute Gasteiger partial charge is 0.348 e. The predicted molar refractivity (Wildman–Crippen MR) is 93.3 cm³/mol. The molecule has 7 heteroatoms. The molecular formula is C18H19NO5S. The lowest BCUT2D eigenvalue weighted by Crippen LogP contribution is -2.47. The average molecular weight is 361 g/mol. The molecule has 0 radical (unpaired) electrons. The number of esters is 1. The fourth-order valence-electron chi connectivity index (χ4n) is 2.79. The van der Waals surface area contributed by atoms with Crippen molar-refractivity contribution in [3.63, 3.8) is 0 Å². The highest BCUT2D eigenvalue weighted by molar-refractivity contribution is 7.92. The average Bonchev–Trinajstić information content (AvgIpc) is 2.61. The van der Waals surface area contributed by atoms with E-state index in [0.717, 1.165) is 5.56 Å². The van der Waals surface area contributed by atoms with Crippen LogP contribution in [0.3, 0.4) is 0 Å². The Morgan fingerprint density at radius 3 is 2.64 bits per heavy atom. The number of anilines is 1. The molecule has 2 aromatic rings. The number of nitrogens with zero attached hydrogens (tertiary/aromatic N) is 1. The normalized spacial score (nSPS) is 16.8. The summed E-state index contributed by atoms with van der Waals surface area (Å²) in [5, 5.41) is 0. The van der Waals surface area contributed by atoms with Gasteiger partial charge in [0.15, 0.2) is 0 Å². The van der Waals surface area contributed by atoms with Gasteiger partial charge in [0.25, 0.3) is 10.0 Å². The van der Waals surface area contributed by atoms with Crippen molar-refractivity contribution >= 4 is 21.7 Å². The van der Waals surface area contributed by atoms with Crippen LogP contribution in [-0.2, 0) is 19.6 Å². The van der Waals surface area contributed by atoms with Gasteiger partial charge in [-0.15, -0.1) is 0 Å². The number of ether oxygens (including phenoxy) is 2. The number of benzene rings is 2. The number of para-hydroxylation sites is 2. The van der Waals surface area contributed by atoms with Gasteiger partial charge < -0.3 is 9.47 Å². The van der Waals surface area contributed by atoms with Crippen LogP contribution < -0.4 is 9.04 Å². The molecule has 25 heavy (non-hydrogen) atoms. The van der Waals surface area contributed by atoms with E-state index in [1.54, 1.807) is 43.3 Å². The Morgan fingerprint density at radius 2 is 1.92 bits per heavy atom. The van der Waals surface area contributed by atoms with E-state index in [1.165, 1.54) is 11.4 Å². The fourth-order valence-corrected chi connectivity index (χ4v) is 4.58. The minimum absolute atomic E-state index is 0.139. The Balaban J connectivity index is 2.13. The quantitative estimate of drug-likeness (QED) is 0.785. The van der Waals surface area contributed by atoms with Crippen LogP contribution in [-0.4, -0.2) is 34.1 Å². The Hall–Kier alpha value is -2.54. The van der Waals surface area contributed by atoms with Crippen LogP contribution in [0.5, 0.6) is 5.75 Å². The number of methoxy groups -OCH3 is 1. The van der Waals surface area contributed by atoms with Crippen molar-refractivity contribution in [3.05, 3.63) is 53.6 Å². The summed E-state index contributed by atoms with van der Waals surface area (Å²) in [4.78, 5) is 12.2. The maximum Gasteiger partial charge on any atom is 0.348 e. The zero-order valence-corrected chi connectivity index (χ0v) is 15.0. The molecule has 0 amide bonds. The number of carbonyl (C=O) groups excluding carboxylic acids is 1. The fraction of sp³-hybridized carbons (Fsp3) is 0.278. The Labute approximate surface area is 147 Å². The van der Waals surface area contributed by atoms with Gasteiger partial charge in [-0.1, -0.05) is 24.3 Å². The van der Waals surface area contributed by atoms with Gasteiger partial charge in [-0.05, 0) is 43.2 Å². The second kappa shape index (κ2) is 6.40. The van der Waals surface area contributed by atoms with E-state index < -0.39 is 22.1 Å². The number of hydrogen-bond donors (Lipinski definition) is 0. The molecule has 0 aliphatic carbocycles. The lowest BCUT2D eigenvalue weighted by molar-refractivity contribution is -0.148. The highest BCUT2D eigenvalue weighted by atomic mass is 32.2. The van der Waals surface area contributed by atoms with E-state index in [2.05, 4.69) is 0 Å². The van der Waals surface area contributed by atoms with Crippen LogP contribution in [0.4, 0.5) is 5.69 Å². The summed E-state index contributed by atoms with van der Waals surface area (Å²) in [6.07, 6.45) is -1.01. The first kappa shape index (κ1) is 17.3. The van der Waals surface area contributed by atoms with Crippen molar-refractivity contribution in [2.24, 2.45) is 0 Å². The third-order valence-corrected chi connectivity index (χ3v) is 6.03. The molecule has 6 nitrogen and oxygen atoms in total. The topological polar surface area (TPSA) is 72.9 Å². The van der Waals surface area contributed by atoms with E-state index in [4.69, 9.17) is 9.47 Å². The molecule has 2 aromatic carbocycles. The number of sulfonamides is 1. The number of hydrogen-bond acceptors (Lipinski definition) is 5. The second-order valence-corrected chi connectivity index (χ2v) is 7.73. The SMILES string of the molecule is COC(=O)[C@H]1CN(S(=O)(=O)c2cc(C)ccc2C)c2ccccc2O1. The molecule has 0 spiro atoms. The van der Waals surface area contributed by atoms with E-state index in [0.29, 0.717) is 17.0 Å². The van der Waals surface area contributed by atoms with Crippen molar-refractivity contribution < 1.29 is 22.7 Å². The van der Waals surface area contributed by atoms with E-state index in [1.807, 2.05) is 13.0 Å². The van der Waals surface area contributed by atoms with Crippen LogP contribution in [0, 0.1) is 13.8 Å². The summed E-state index contributed by atoms with van der Waals surface area (Å²) < 4.78 is 38.2. The first-order valence-electron chi connectivity index (χ1n) is 7.78. The maximum absolute atomic E-state index is 13.3. The van der Waals surface area contributed by atoms with E-state index >= 15 is 0 Å². The molecule has 1 aliphatic rings. The summed E-state index contributed by atoms with van der Waals surface area (Å²) in [6, 6.07) is 12.0. The van der Waals surface area contributed by atoms with Gasteiger partial charge in [-0.2, -0.15) is 0 Å². The molecule has 0 fully saturated rings. The number of rotatable bonds is 3. The molecular weight excluding hydrogens is 342 g/mol. The second-order valence-electron chi connectivity index (χ2n) is 5.90.